The lowest BCUT2D eigenvalue weighted by molar-refractivity contribution is -0.124. The van der Waals surface area contributed by atoms with Crippen LogP contribution in [0, 0.1) is 0 Å². The van der Waals surface area contributed by atoms with Crippen LogP contribution in [0.3, 0.4) is 0 Å². The van der Waals surface area contributed by atoms with Gasteiger partial charge in [-0.05, 0) is 29.7 Å². The molecule has 1 atom stereocenters. The van der Waals surface area contributed by atoms with Crippen LogP contribution in [0.5, 0.6) is 5.75 Å². The highest BCUT2D eigenvalue weighted by molar-refractivity contribution is 6.00. The lowest BCUT2D eigenvalue weighted by Gasteiger charge is -2.15. The molecule has 0 aromatic heterocycles. The number of hydrogen-bond donors (Lipinski definition) is 0. The zero-order chi connectivity index (χ0) is 14.8. The Labute approximate surface area is 123 Å². The lowest BCUT2D eigenvalue weighted by atomic mass is 10.1. The Morgan fingerprint density at radius 3 is 2.90 bits per heavy atom. The maximum atomic E-state index is 12.3. The molecule has 1 fully saturated rings. The molecule has 0 aliphatic carbocycles. The van der Waals surface area contributed by atoms with E-state index in [1.165, 1.54) is 0 Å². The van der Waals surface area contributed by atoms with Crippen molar-refractivity contribution in [2.24, 2.45) is 0 Å². The average Bonchev–Trinajstić information content (AvgIpc) is 2.87. The smallest absolute Gasteiger partial charge is 0.260 e. The van der Waals surface area contributed by atoms with Gasteiger partial charge in [-0.15, -0.1) is 0 Å². The SMILES string of the molecule is COCC1OCN(c2ccc3c(OC)cccc3c2)C1=O. The molecule has 0 radical (unpaired) electrons. The molecule has 0 saturated carbocycles. The van der Waals surface area contributed by atoms with Gasteiger partial charge in [0, 0.05) is 18.2 Å². The van der Waals surface area contributed by atoms with Gasteiger partial charge in [0.25, 0.3) is 5.91 Å². The quantitative estimate of drug-likeness (QED) is 0.865. The van der Waals surface area contributed by atoms with Crippen LogP contribution < -0.4 is 9.64 Å². The van der Waals surface area contributed by atoms with Crippen molar-refractivity contribution < 1.29 is 19.0 Å². The molecule has 5 nitrogen and oxygen atoms in total. The van der Waals surface area contributed by atoms with Crippen LogP contribution in [0.1, 0.15) is 0 Å². The molecular formula is C16H17NO4. The number of ether oxygens (including phenoxy) is 3. The van der Waals surface area contributed by atoms with E-state index in [9.17, 15) is 4.79 Å². The number of rotatable bonds is 4. The first-order valence-electron chi connectivity index (χ1n) is 6.73. The molecule has 5 heteroatoms. The summed E-state index contributed by atoms with van der Waals surface area (Å²) in [6, 6.07) is 11.7. The Morgan fingerprint density at radius 1 is 1.29 bits per heavy atom. The molecule has 2 aromatic rings. The van der Waals surface area contributed by atoms with Gasteiger partial charge < -0.3 is 14.2 Å². The minimum absolute atomic E-state index is 0.0703. The Kier molecular flexibility index (Phi) is 3.77. The van der Waals surface area contributed by atoms with E-state index in [-0.39, 0.29) is 19.2 Å². The summed E-state index contributed by atoms with van der Waals surface area (Å²) in [6.45, 7) is 0.527. The predicted molar refractivity (Wildman–Crippen MR) is 79.6 cm³/mol. The van der Waals surface area contributed by atoms with Crippen LogP contribution in [0.2, 0.25) is 0 Å². The van der Waals surface area contributed by atoms with Crippen LogP contribution in [0.25, 0.3) is 10.8 Å². The molecule has 3 rings (SSSR count). The predicted octanol–water partition coefficient (Wildman–Crippen LogP) is 2.18. The van der Waals surface area contributed by atoms with Crippen LogP contribution in [-0.4, -0.2) is 39.6 Å². The molecule has 21 heavy (non-hydrogen) atoms. The van der Waals surface area contributed by atoms with E-state index in [4.69, 9.17) is 14.2 Å². The van der Waals surface area contributed by atoms with E-state index >= 15 is 0 Å². The van der Waals surface area contributed by atoms with Gasteiger partial charge in [-0.2, -0.15) is 0 Å². The topological polar surface area (TPSA) is 48.0 Å². The first-order valence-corrected chi connectivity index (χ1v) is 6.73. The van der Waals surface area contributed by atoms with Crippen LogP contribution in [0.4, 0.5) is 5.69 Å². The molecule has 0 N–H and O–H groups in total. The second kappa shape index (κ2) is 5.71. The number of hydrogen-bond acceptors (Lipinski definition) is 4. The first-order chi connectivity index (χ1) is 10.2. The van der Waals surface area contributed by atoms with Gasteiger partial charge in [-0.25, -0.2) is 0 Å². The van der Waals surface area contributed by atoms with Gasteiger partial charge in [-0.3, -0.25) is 9.69 Å². The molecule has 1 amide bonds. The van der Waals surface area contributed by atoms with Gasteiger partial charge in [0.05, 0.1) is 13.7 Å². The van der Waals surface area contributed by atoms with Crippen molar-refractivity contribution in [3.63, 3.8) is 0 Å². The standard InChI is InChI=1S/C16H17NO4/c1-19-9-15-16(18)17(10-21-15)12-6-7-13-11(8-12)4-3-5-14(13)20-2/h3-8,15H,9-10H2,1-2H3. The molecule has 0 spiro atoms. The zero-order valence-electron chi connectivity index (χ0n) is 12.0. The number of carbonyl (C=O) groups excluding carboxylic acids is 1. The summed E-state index contributed by atoms with van der Waals surface area (Å²) in [5, 5.41) is 2.04. The third-order valence-corrected chi connectivity index (χ3v) is 3.62. The molecule has 110 valence electrons. The van der Waals surface area contributed by atoms with Crippen molar-refractivity contribution in [2.75, 3.05) is 32.5 Å². The van der Waals surface area contributed by atoms with Gasteiger partial charge in [0.2, 0.25) is 0 Å². The summed E-state index contributed by atoms with van der Waals surface area (Å²) in [7, 11) is 3.21. The van der Waals surface area contributed by atoms with Crippen LogP contribution in [-0.2, 0) is 14.3 Å². The highest BCUT2D eigenvalue weighted by atomic mass is 16.6. The van der Waals surface area contributed by atoms with E-state index in [0.717, 1.165) is 22.2 Å². The maximum Gasteiger partial charge on any atom is 0.260 e. The van der Waals surface area contributed by atoms with Gasteiger partial charge in [0.1, 0.15) is 12.5 Å². The third-order valence-electron chi connectivity index (χ3n) is 3.62. The summed E-state index contributed by atoms with van der Waals surface area (Å²) >= 11 is 0. The fraction of sp³-hybridized carbons (Fsp3) is 0.312. The first kappa shape index (κ1) is 13.9. The maximum absolute atomic E-state index is 12.3. The summed E-state index contributed by atoms with van der Waals surface area (Å²) < 4.78 is 15.8. The Hall–Kier alpha value is -2.11. The van der Waals surface area contributed by atoms with E-state index in [0.29, 0.717) is 0 Å². The van der Waals surface area contributed by atoms with Crippen molar-refractivity contribution >= 4 is 22.4 Å². The number of fused-ring (bicyclic) bond motifs is 1. The molecular weight excluding hydrogens is 270 g/mol. The second-order valence-electron chi connectivity index (χ2n) is 4.87. The zero-order valence-corrected chi connectivity index (χ0v) is 12.0. The van der Waals surface area contributed by atoms with Crippen molar-refractivity contribution in [1.29, 1.82) is 0 Å². The van der Waals surface area contributed by atoms with Gasteiger partial charge >= 0.3 is 0 Å². The van der Waals surface area contributed by atoms with Gasteiger partial charge in [0.15, 0.2) is 6.10 Å². The molecule has 1 aliphatic heterocycles. The van der Waals surface area contributed by atoms with Crippen molar-refractivity contribution in [3.8, 4) is 5.75 Å². The highest BCUT2D eigenvalue weighted by Crippen LogP contribution is 2.30. The summed E-state index contributed by atoms with van der Waals surface area (Å²) in [4.78, 5) is 13.9. The fourth-order valence-electron chi connectivity index (χ4n) is 2.53. The number of anilines is 1. The molecule has 1 heterocycles. The minimum Gasteiger partial charge on any atom is -0.496 e. The number of benzene rings is 2. The molecule has 1 unspecified atom stereocenters. The second-order valence-corrected chi connectivity index (χ2v) is 4.87. The van der Waals surface area contributed by atoms with Crippen LogP contribution in [0.15, 0.2) is 36.4 Å². The largest absolute Gasteiger partial charge is 0.496 e. The number of methoxy groups -OCH3 is 2. The van der Waals surface area contributed by atoms with Crippen LogP contribution >= 0.6 is 0 Å². The summed E-state index contributed by atoms with van der Waals surface area (Å²) in [5.41, 5.74) is 0.819. The fourth-order valence-corrected chi connectivity index (χ4v) is 2.53. The molecule has 1 saturated heterocycles. The molecule has 0 bridgehead atoms. The molecule has 1 aliphatic rings. The Morgan fingerprint density at radius 2 is 2.14 bits per heavy atom. The molecule has 2 aromatic carbocycles. The van der Waals surface area contributed by atoms with E-state index in [1.807, 2.05) is 36.4 Å². The van der Waals surface area contributed by atoms with E-state index in [2.05, 4.69) is 0 Å². The van der Waals surface area contributed by atoms with Crippen molar-refractivity contribution in [1.82, 2.24) is 0 Å². The summed E-state index contributed by atoms with van der Waals surface area (Å²) in [6.07, 6.45) is -0.518. The monoisotopic (exact) mass is 287 g/mol. The number of nitrogens with zero attached hydrogens (tertiary/aromatic N) is 1. The Balaban J connectivity index is 1.93. The van der Waals surface area contributed by atoms with E-state index < -0.39 is 6.10 Å². The van der Waals surface area contributed by atoms with Crippen molar-refractivity contribution in [3.05, 3.63) is 36.4 Å². The average molecular weight is 287 g/mol. The van der Waals surface area contributed by atoms with Crippen molar-refractivity contribution in [2.45, 2.75) is 6.10 Å². The third kappa shape index (κ3) is 2.46. The minimum atomic E-state index is -0.518. The Bertz CT molecular complexity index is 670. The normalized spacial score (nSPS) is 18.5. The van der Waals surface area contributed by atoms with Gasteiger partial charge in [-0.1, -0.05) is 12.1 Å². The lowest BCUT2D eigenvalue weighted by Crippen LogP contribution is -2.31. The highest BCUT2D eigenvalue weighted by Gasteiger charge is 2.33. The number of carbonyl (C=O) groups is 1. The number of amides is 1. The summed E-state index contributed by atoms with van der Waals surface area (Å²) in [5.74, 6) is 0.749. The van der Waals surface area contributed by atoms with E-state index in [1.54, 1.807) is 19.1 Å².